The second kappa shape index (κ2) is 5.82. The molecule has 1 unspecified atom stereocenters. The Labute approximate surface area is 107 Å². The molecular weight excluding hydrogens is 266 g/mol. The van der Waals surface area contributed by atoms with Crippen LogP contribution in [0.4, 0.5) is 0 Å². The summed E-state index contributed by atoms with van der Waals surface area (Å²) in [5.74, 6) is 0.619. The second-order valence-corrected chi connectivity index (χ2v) is 5.63. The molecule has 0 spiro atoms. The quantitative estimate of drug-likeness (QED) is 0.902. The summed E-state index contributed by atoms with van der Waals surface area (Å²) in [7, 11) is 2.01. The van der Waals surface area contributed by atoms with Crippen LogP contribution in [-0.4, -0.2) is 22.4 Å². The lowest BCUT2D eigenvalue weighted by molar-refractivity contribution is 0.465. The van der Waals surface area contributed by atoms with Gasteiger partial charge in [-0.3, -0.25) is 4.68 Å². The Morgan fingerprint density at radius 3 is 2.44 bits per heavy atom. The van der Waals surface area contributed by atoms with Crippen molar-refractivity contribution < 1.29 is 0 Å². The Hall–Kier alpha value is -0.350. The van der Waals surface area contributed by atoms with Crippen molar-refractivity contribution in [1.82, 2.24) is 15.1 Å². The van der Waals surface area contributed by atoms with Gasteiger partial charge in [0.25, 0.3) is 0 Å². The predicted octanol–water partition coefficient (Wildman–Crippen LogP) is 2.67. The van der Waals surface area contributed by atoms with Crippen LogP contribution in [0.2, 0.25) is 0 Å². The molecule has 0 saturated carbocycles. The van der Waals surface area contributed by atoms with E-state index in [0.29, 0.717) is 12.0 Å². The third kappa shape index (κ3) is 3.59. The second-order valence-electron chi connectivity index (χ2n) is 4.84. The molecule has 0 amide bonds. The largest absolute Gasteiger partial charge is 0.314 e. The van der Waals surface area contributed by atoms with Gasteiger partial charge in [-0.15, -0.1) is 0 Å². The lowest BCUT2D eigenvalue weighted by Gasteiger charge is -2.15. The first-order valence-electron chi connectivity index (χ1n) is 5.83. The summed E-state index contributed by atoms with van der Waals surface area (Å²) >= 11 is 3.61. The van der Waals surface area contributed by atoms with E-state index in [1.165, 1.54) is 5.69 Å². The minimum absolute atomic E-state index is 0.555. The van der Waals surface area contributed by atoms with Gasteiger partial charge in [-0.25, -0.2) is 0 Å². The topological polar surface area (TPSA) is 29.9 Å². The van der Waals surface area contributed by atoms with E-state index >= 15 is 0 Å². The minimum Gasteiger partial charge on any atom is -0.314 e. The van der Waals surface area contributed by atoms with Crippen molar-refractivity contribution in [3.63, 3.8) is 0 Å². The van der Waals surface area contributed by atoms with Gasteiger partial charge >= 0.3 is 0 Å². The monoisotopic (exact) mass is 287 g/mol. The van der Waals surface area contributed by atoms with Crippen molar-refractivity contribution in [2.75, 3.05) is 6.54 Å². The molecule has 0 aliphatic rings. The smallest absolute Gasteiger partial charge is 0.0738 e. The summed E-state index contributed by atoms with van der Waals surface area (Å²) in [5, 5.41) is 7.87. The number of aryl methyl sites for hydroxylation is 2. The van der Waals surface area contributed by atoms with Crippen molar-refractivity contribution in [1.29, 1.82) is 0 Å². The SMILES string of the molecule is Cc1nn(C)c(CC(C)CNC(C)C)c1Br. The Kier molecular flexibility index (Phi) is 4.99. The summed E-state index contributed by atoms with van der Waals surface area (Å²) in [6.45, 7) is 9.71. The summed E-state index contributed by atoms with van der Waals surface area (Å²) in [5.41, 5.74) is 2.36. The minimum atomic E-state index is 0.555. The van der Waals surface area contributed by atoms with Crippen LogP contribution in [0, 0.1) is 12.8 Å². The number of nitrogens with one attached hydrogen (secondary N) is 1. The molecule has 0 saturated heterocycles. The Morgan fingerprint density at radius 1 is 1.38 bits per heavy atom. The zero-order valence-electron chi connectivity index (χ0n) is 10.8. The summed E-state index contributed by atoms with van der Waals surface area (Å²) < 4.78 is 3.14. The molecule has 1 atom stereocenters. The number of halogens is 1. The van der Waals surface area contributed by atoms with Crippen LogP contribution < -0.4 is 5.32 Å². The van der Waals surface area contributed by atoms with Crippen LogP contribution in [0.15, 0.2) is 4.47 Å². The van der Waals surface area contributed by atoms with E-state index < -0.39 is 0 Å². The fourth-order valence-corrected chi connectivity index (χ4v) is 2.24. The van der Waals surface area contributed by atoms with Crippen LogP contribution in [0.1, 0.15) is 32.2 Å². The van der Waals surface area contributed by atoms with Crippen LogP contribution in [0.25, 0.3) is 0 Å². The lowest BCUT2D eigenvalue weighted by Crippen LogP contribution is -2.29. The van der Waals surface area contributed by atoms with Crippen molar-refractivity contribution in [2.45, 2.75) is 40.2 Å². The molecule has 3 nitrogen and oxygen atoms in total. The van der Waals surface area contributed by atoms with Crippen molar-refractivity contribution in [3.8, 4) is 0 Å². The Bertz CT molecular complexity index is 344. The lowest BCUT2D eigenvalue weighted by atomic mass is 10.1. The number of rotatable bonds is 5. The van der Waals surface area contributed by atoms with E-state index in [1.54, 1.807) is 0 Å². The van der Waals surface area contributed by atoms with Gasteiger partial charge < -0.3 is 5.32 Å². The average molecular weight is 288 g/mol. The Balaban J connectivity index is 2.59. The van der Waals surface area contributed by atoms with Gasteiger partial charge in [0.1, 0.15) is 0 Å². The molecule has 0 fully saturated rings. The third-order valence-corrected chi connectivity index (χ3v) is 3.71. The van der Waals surface area contributed by atoms with Crippen LogP contribution >= 0.6 is 15.9 Å². The van der Waals surface area contributed by atoms with E-state index in [1.807, 2.05) is 18.7 Å². The van der Waals surface area contributed by atoms with Gasteiger partial charge in [-0.2, -0.15) is 5.10 Å². The molecule has 0 aromatic carbocycles. The van der Waals surface area contributed by atoms with Gasteiger partial charge in [0.2, 0.25) is 0 Å². The molecule has 1 N–H and O–H groups in total. The summed E-state index contributed by atoms with van der Waals surface area (Å²) in [6.07, 6.45) is 1.05. The van der Waals surface area contributed by atoms with E-state index in [2.05, 4.69) is 47.1 Å². The molecule has 4 heteroatoms. The number of aromatic nitrogens is 2. The van der Waals surface area contributed by atoms with Gasteiger partial charge in [0.05, 0.1) is 15.9 Å². The molecule has 16 heavy (non-hydrogen) atoms. The highest BCUT2D eigenvalue weighted by Gasteiger charge is 2.13. The summed E-state index contributed by atoms with van der Waals surface area (Å²) in [6, 6.07) is 0.555. The van der Waals surface area contributed by atoms with E-state index in [4.69, 9.17) is 0 Å². The van der Waals surface area contributed by atoms with Crippen LogP contribution in [-0.2, 0) is 13.5 Å². The average Bonchev–Trinajstić information content (AvgIpc) is 2.42. The molecule has 1 aromatic heterocycles. The molecule has 92 valence electrons. The van der Waals surface area contributed by atoms with Crippen molar-refractivity contribution >= 4 is 15.9 Å². The first kappa shape index (κ1) is 13.7. The standard InChI is InChI=1S/C12H22BrN3/c1-8(2)14-7-9(3)6-11-12(13)10(4)15-16(11)5/h8-9,14H,6-7H2,1-5H3. The molecule has 0 bridgehead atoms. The maximum atomic E-state index is 4.41. The first-order valence-corrected chi connectivity index (χ1v) is 6.62. The van der Waals surface area contributed by atoms with Crippen LogP contribution in [0.3, 0.4) is 0 Å². The van der Waals surface area contributed by atoms with E-state index in [9.17, 15) is 0 Å². The first-order chi connectivity index (χ1) is 7.41. The van der Waals surface area contributed by atoms with Crippen molar-refractivity contribution in [3.05, 3.63) is 15.9 Å². The fourth-order valence-electron chi connectivity index (χ4n) is 1.74. The summed E-state index contributed by atoms with van der Waals surface area (Å²) in [4.78, 5) is 0. The molecule has 1 rings (SSSR count). The molecule has 1 aromatic rings. The predicted molar refractivity (Wildman–Crippen MR) is 71.7 cm³/mol. The van der Waals surface area contributed by atoms with E-state index in [-0.39, 0.29) is 0 Å². The molecular formula is C12H22BrN3. The maximum Gasteiger partial charge on any atom is 0.0738 e. The molecule has 0 radical (unpaired) electrons. The van der Waals surface area contributed by atoms with Gasteiger partial charge in [-0.05, 0) is 41.7 Å². The normalized spacial score (nSPS) is 13.4. The number of hydrogen-bond donors (Lipinski definition) is 1. The van der Waals surface area contributed by atoms with Crippen LogP contribution in [0.5, 0.6) is 0 Å². The number of nitrogens with zero attached hydrogens (tertiary/aromatic N) is 2. The molecule has 0 aliphatic heterocycles. The van der Waals surface area contributed by atoms with Gasteiger partial charge in [-0.1, -0.05) is 20.8 Å². The maximum absolute atomic E-state index is 4.41. The third-order valence-electron chi connectivity index (χ3n) is 2.68. The zero-order chi connectivity index (χ0) is 12.3. The van der Waals surface area contributed by atoms with Gasteiger partial charge in [0.15, 0.2) is 0 Å². The highest BCUT2D eigenvalue weighted by atomic mass is 79.9. The molecule has 1 heterocycles. The number of hydrogen-bond acceptors (Lipinski definition) is 2. The zero-order valence-corrected chi connectivity index (χ0v) is 12.4. The highest BCUT2D eigenvalue weighted by molar-refractivity contribution is 9.10. The van der Waals surface area contributed by atoms with Crippen molar-refractivity contribution in [2.24, 2.45) is 13.0 Å². The Morgan fingerprint density at radius 2 is 2.00 bits per heavy atom. The van der Waals surface area contributed by atoms with Gasteiger partial charge in [0, 0.05) is 13.1 Å². The van der Waals surface area contributed by atoms with E-state index in [0.717, 1.165) is 23.1 Å². The highest BCUT2D eigenvalue weighted by Crippen LogP contribution is 2.22. The molecule has 0 aliphatic carbocycles. The fraction of sp³-hybridized carbons (Fsp3) is 0.750.